The van der Waals surface area contributed by atoms with E-state index in [0.717, 1.165) is 24.1 Å². The minimum Gasteiger partial charge on any atom is -0.369 e. The van der Waals surface area contributed by atoms with E-state index >= 15 is 0 Å². The summed E-state index contributed by atoms with van der Waals surface area (Å²) < 4.78 is 19.2. The number of fused-ring (bicyclic) bond motifs is 1. The van der Waals surface area contributed by atoms with Gasteiger partial charge in [-0.05, 0) is 57.7 Å². The minimum absolute atomic E-state index is 0.0235. The Kier molecular flexibility index (Phi) is 6.50. The van der Waals surface area contributed by atoms with E-state index in [-0.39, 0.29) is 42.9 Å². The largest absolute Gasteiger partial charge is 0.369 e. The third-order valence-corrected chi connectivity index (χ3v) is 6.00. The van der Waals surface area contributed by atoms with Crippen molar-refractivity contribution in [2.24, 2.45) is 0 Å². The number of amides is 2. The number of anilines is 1. The van der Waals surface area contributed by atoms with Crippen LogP contribution in [0.25, 0.3) is 0 Å². The lowest BCUT2D eigenvalue weighted by molar-refractivity contribution is -0.138. The number of carbonyl (C=O) groups is 2. The van der Waals surface area contributed by atoms with E-state index in [1.165, 1.54) is 12.1 Å². The molecule has 8 heteroatoms. The fraction of sp³-hybridized carbons (Fsp3) is 0.500. The van der Waals surface area contributed by atoms with E-state index in [4.69, 9.17) is 14.7 Å². The van der Waals surface area contributed by atoms with Crippen molar-refractivity contribution in [1.82, 2.24) is 14.9 Å². The second-order valence-corrected chi connectivity index (χ2v) is 8.68. The SMILES string of the molecule is Cc1nc(C2CCCN2C(=O)COC(C)C)nc2c1CCC(=O)N2Cc1cccc(F)c1. The van der Waals surface area contributed by atoms with E-state index in [1.807, 2.05) is 20.8 Å². The summed E-state index contributed by atoms with van der Waals surface area (Å²) in [6.07, 6.45) is 2.55. The summed E-state index contributed by atoms with van der Waals surface area (Å²) in [7, 11) is 0. The summed E-state index contributed by atoms with van der Waals surface area (Å²) in [5.74, 6) is 0.667. The van der Waals surface area contributed by atoms with Gasteiger partial charge in [-0.15, -0.1) is 0 Å². The lowest BCUT2D eigenvalue weighted by atomic mass is 10.0. The summed E-state index contributed by atoms with van der Waals surface area (Å²) in [5, 5.41) is 0. The molecule has 3 heterocycles. The van der Waals surface area contributed by atoms with E-state index in [9.17, 15) is 14.0 Å². The first-order valence-electron chi connectivity index (χ1n) is 11.2. The van der Waals surface area contributed by atoms with Crippen LogP contribution in [0.3, 0.4) is 0 Å². The molecule has 2 amide bonds. The smallest absolute Gasteiger partial charge is 0.249 e. The van der Waals surface area contributed by atoms with Gasteiger partial charge in [-0.1, -0.05) is 12.1 Å². The van der Waals surface area contributed by atoms with Gasteiger partial charge in [0.1, 0.15) is 18.2 Å². The average molecular weight is 441 g/mol. The highest BCUT2D eigenvalue weighted by molar-refractivity contribution is 5.95. The maximum Gasteiger partial charge on any atom is 0.249 e. The maximum atomic E-state index is 13.7. The Hall–Kier alpha value is -2.87. The van der Waals surface area contributed by atoms with Gasteiger partial charge in [0, 0.05) is 24.2 Å². The molecule has 1 aromatic carbocycles. The Bertz CT molecular complexity index is 1030. The molecule has 0 bridgehead atoms. The molecule has 1 unspecified atom stereocenters. The van der Waals surface area contributed by atoms with Crippen molar-refractivity contribution in [3.63, 3.8) is 0 Å². The zero-order valence-electron chi connectivity index (χ0n) is 18.8. The fourth-order valence-electron chi connectivity index (χ4n) is 4.39. The molecule has 7 nitrogen and oxygen atoms in total. The highest BCUT2D eigenvalue weighted by atomic mass is 19.1. The highest BCUT2D eigenvalue weighted by Gasteiger charge is 2.35. The fourth-order valence-corrected chi connectivity index (χ4v) is 4.39. The van der Waals surface area contributed by atoms with Crippen molar-refractivity contribution in [3.8, 4) is 0 Å². The number of rotatable bonds is 6. The predicted octanol–water partition coefficient (Wildman–Crippen LogP) is 3.49. The summed E-state index contributed by atoms with van der Waals surface area (Å²) in [4.78, 5) is 38.5. The molecule has 1 aromatic heterocycles. The lowest BCUT2D eigenvalue weighted by Gasteiger charge is -2.31. The van der Waals surface area contributed by atoms with Crippen LogP contribution >= 0.6 is 0 Å². The number of likely N-dealkylation sites (tertiary alicyclic amines) is 1. The topological polar surface area (TPSA) is 75.6 Å². The standard InChI is InChI=1S/C24H29FN4O3/c1-15(2)32-14-22(31)28-11-5-8-20(28)23-26-16(3)19-9-10-21(30)29(24(19)27-23)13-17-6-4-7-18(25)12-17/h4,6-7,12,15,20H,5,8-11,13-14H2,1-3H3. The van der Waals surface area contributed by atoms with Crippen LogP contribution in [0, 0.1) is 12.7 Å². The van der Waals surface area contributed by atoms with Crippen molar-refractivity contribution < 1.29 is 18.7 Å². The third-order valence-electron chi connectivity index (χ3n) is 6.00. The van der Waals surface area contributed by atoms with Gasteiger partial charge in [-0.25, -0.2) is 14.4 Å². The van der Waals surface area contributed by atoms with Gasteiger partial charge < -0.3 is 9.64 Å². The van der Waals surface area contributed by atoms with Gasteiger partial charge in [-0.3, -0.25) is 14.5 Å². The van der Waals surface area contributed by atoms with Crippen LogP contribution in [0.5, 0.6) is 0 Å². The first-order valence-corrected chi connectivity index (χ1v) is 11.2. The van der Waals surface area contributed by atoms with Crippen LogP contribution in [0.2, 0.25) is 0 Å². The summed E-state index contributed by atoms with van der Waals surface area (Å²) in [6, 6.07) is 6.01. The van der Waals surface area contributed by atoms with Crippen LogP contribution in [-0.4, -0.2) is 45.9 Å². The van der Waals surface area contributed by atoms with Crippen LogP contribution in [0.1, 0.15) is 61.8 Å². The van der Waals surface area contributed by atoms with E-state index in [2.05, 4.69) is 0 Å². The number of hydrogen-bond acceptors (Lipinski definition) is 5. The predicted molar refractivity (Wildman–Crippen MR) is 117 cm³/mol. The van der Waals surface area contributed by atoms with E-state index in [1.54, 1.807) is 21.9 Å². The second-order valence-electron chi connectivity index (χ2n) is 8.68. The van der Waals surface area contributed by atoms with Gasteiger partial charge in [0.15, 0.2) is 5.82 Å². The number of carbonyl (C=O) groups excluding carboxylic acids is 2. The molecule has 0 spiro atoms. The summed E-state index contributed by atoms with van der Waals surface area (Å²) in [6.45, 7) is 6.63. The first-order chi connectivity index (χ1) is 15.3. The Balaban J connectivity index is 1.64. The van der Waals surface area contributed by atoms with Crippen molar-refractivity contribution in [3.05, 3.63) is 52.7 Å². The Morgan fingerprint density at radius 2 is 2.09 bits per heavy atom. The molecular formula is C24H29FN4O3. The molecule has 1 fully saturated rings. The molecule has 0 radical (unpaired) electrons. The van der Waals surface area contributed by atoms with Gasteiger partial charge in [0.05, 0.1) is 18.7 Å². The Morgan fingerprint density at radius 1 is 1.28 bits per heavy atom. The quantitative estimate of drug-likeness (QED) is 0.687. The van der Waals surface area contributed by atoms with Gasteiger partial charge >= 0.3 is 0 Å². The van der Waals surface area contributed by atoms with Gasteiger partial charge in [0.2, 0.25) is 11.8 Å². The molecule has 2 aromatic rings. The molecule has 4 rings (SSSR count). The van der Waals surface area contributed by atoms with Crippen LogP contribution in [-0.2, 0) is 27.3 Å². The zero-order chi connectivity index (χ0) is 22.8. The Labute approximate surface area is 187 Å². The zero-order valence-corrected chi connectivity index (χ0v) is 18.8. The number of halogens is 1. The number of nitrogens with zero attached hydrogens (tertiary/aromatic N) is 4. The first kappa shape index (κ1) is 22.3. The molecule has 2 aliphatic rings. The molecule has 1 saturated heterocycles. The van der Waals surface area contributed by atoms with E-state index < -0.39 is 0 Å². The van der Waals surface area contributed by atoms with Crippen molar-refractivity contribution >= 4 is 17.6 Å². The summed E-state index contributed by atoms with van der Waals surface area (Å²) >= 11 is 0. The Morgan fingerprint density at radius 3 is 2.84 bits per heavy atom. The maximum absolute atomic E-state index is 13.7. The van der Waals surface area contributed by atoms with Crippen molar-refractivity contribution in [1.29, 1.82) is 0 Å². The highest BCUT2D eigenvalue weighted by Crippen LogP contribution is 2.35. The molecule has 0 aliphatic carbocycles. The number of benzene rings is 1. The number of ether oxygens (including phenoxy) is 1. The molecule has 2 aliphatic heterocycles. The lowest BCUT2D eigenvalue weighted by Crippen LogP contribution is -2.38. The molecule has 1 atom stereocenters. The van der Waals surface area contributed by atoms with Crippen LogP contribution in [0.15, 0.2) is 24.3 Å². The van der Waals surface area contributed by atoms with Crippen molar-refractivity contribution in [2.75, 3.05) is 18.1 Å². The molecule has 32 heavy (non-hydrogen) atoms. The molecule has 170 valence electrons. The number of hydrogen-bond donors (Lipinski definition) is 0. The molecule has 0 N–H and O–H groups in total. The molecular weight excluding hydrogens is 411 g/mol. The van der Waals surface area contributed by atoms with Crippen LogP contribution < -0.4 is 4.90 Å². The second kappa shape index (κ2) is 9.32. The van der Waals surface area contributed by atoms with E-state index in [0.29, 0.717) is 36.6 Å². The number of aromatic nitrogens is 2. The van der Waals surface area contributed by atoms with Gasteiger partial charge in [-0.2, -0.15) is 0 Å². The monoisotopic (exact) mass is 440 g/mol. The third kappa shape index (κ3) is 4.65. The number of aryl methyl sites for hydroxylation is 1. The normalized spacial score (nSPS) is 18.4. The average Bonchev–Trinajstić information content (AvgIpc) is 3.24. The summed E-state index contributed by atoms with van der Waals surface area (Å²) in [5.41, 5.74) is 2.45. The molecule has 0 saturated carbocycles. The minimum atomic E-state index is -0.338. The van der Waals surface area contributed by atoms with Crippen LogP contribution in [0.4, 0.5) is 10.2 Å². The van der Waals surface area contributed by atoms with Gasteiger partial charge in [0.25, 0.3) is 0 Å². The van der Waals surface area contributed by atoms with Crippen molar-refractivity contribution in [2.45, 2.75) is 65.1 Å².